The molecule has 98 valence electrons. The molecule has 2 aromatic carbocycles. The van der Waals surface area contributed by atoms with Gasteiger partial charge in [-0.25, -0.2) is 4.98 Å². The Hall–Kier alpha value is -2.88. The van der Waals surface area contributed by atoms with E-state index in [0.29, 0.717) is 5.56 Å². The van der Waals surface area contributed by atoms with Gasteiger partial charge in [0.1, 0.15) is 5.82 Å². The smallest absolute Gasteiger partial charge is 0.255 e. The Morgan fingerprint density at radius 2 is 1.75 bits per heavy atom. The normalized spacial score (nSPS) is 10.2. The van der Waals surface area contributed by atoms with Crippen LogP contribution in [0.25, 0.3) is 11.4 Å². The third-order valence-electron chi connectivity index (χ3n) is 2.96. The molecule has 4 heteroatoms. The molecular weight excluding hydrogens is 250 g/mol. The number of benzene rings is 2. The van der Waals surface area contributed by atoms with Gasteiger partial charge in [-0.05, 0) is 24.3 Å². The molecule has 0 spiro atoms. The molecule has 0 atom stereocenters. The lowest BCUT2D eigenvalue weighted by Crippen LogP contribution is -2.12. The number of nitrogens with one attached hydrogen (secondary N) is 2. The summed E-state index contributed by atoms with van der Waals surface area (Å²) in [7, 11) is 0. The summed E-state index contributed by atoms with van der Waals surface area (Å²) >= 11 is 0. The van der Waals surface area contributed by atoms with Crippen LogP contribution >= 0.6 is 0 Å². The fourth-order valence-corrected chi connectivity index (χ4v) is 2.00. The van der Waals surface area contributed by atoms with E-state index in [2.05, 4.69) is 15.3 Å². The molecule has 3 rings (SSSR count). The van der Waals surface area contributed by atoms with Crippen molar-refractivity contribution >= 4 is 11.6 Å². The van der Waals surface area contributed by atoms with Gasteiger partial charge in [-0.2, -0.15) is 0 Å². The van der Waals surface area contributed by atoms with Crippen molar-refractivity contribution in [2.45, 2.75) is 0 Å². The van der Waals surface area contributed by atoms with Crippen LogP contribution in [0.2, 0.25) is 0 Å². The standard InChI is InChI=1S/C16H13N3O/c20-16(12-6-2-1-3-7-12)19-14-9-5-4-8-13(14)15-17-10-11-18-15/h1-11H,(H,17,18)(H,19,20). The van der Waals surface area contributed by atoms with Gasteiger partial charge in [-0.3, -0.25) is 4.79 Å². The average Bonchev–Trinajstić information content (AvgIpc) is 3.03. The first-order valence-corrected chi connectivity index (χ1v) is 6.30. The largest absolute Gasteiger partial charge is 0.345 e. The van der Waals surface area contributed by atoms with E-state index in [1.54, 1.807) is 24.5 Å². The molecule has 0 bridgehead atoms. The number of imidazole rings is 1. The van der Waals surface area contributed by atoms with E-state index < -0.39 is 0 Å². The second-order valence-corrected chi connectivity index (χ2v) is 4.30. The van der Waals surface area contributed by atoms with Crippen LogP contribution in [0.15, 0.2) is 67.0 Å². The molecule has 1 amide bonds. The first kappa shape index (κ1) is 12.2. The fraction of sp³-hybridized carbons (Fsp3) is 0. The molecule has 0 aliphatic rings. The number of nitrogens with zero attached hydrogens (tertiary/aromatic N) is 1. The lowest BCUT2D eigenvalue weighted by atomic mass is 10.1. The number of H-pyrrole nitrogens is 1. The van der Waals surface area contributed by atoms with Crippen LogP contribution in [0.5, 0.6) is 0 Å². The summed E-state index contributed by atoms with van der Waals surface area (Å²) in [5, 5.41) is 2.92. The molecule has 2 N–H and O–H groups in total. The van der Waals surface area contributed by atoms with Crippen molar-refractivity contribution in [1.82, 2.24) is 9.97 Å². The van der Waals surface area contributed by atoms with Gasteiger partial charge >= 0.3 is 0 Å². The summed E-state index contributed by atoms with van der Waals surface area (Å²) in [4.78, 5) is 19.5. The molecule has 20 heavy (non-hydrogen) atoms. The molecule has 0 aliphatic heterocycles. The van der Waals surface area contributed by atoms with E-state index in [-0.39, 0.29) is 5.91 Å². The van der Waals surface area contributed by atoms with Crippen LogP contribution in [0.1, 0.15) is 10.4 Å². The van der Waals surface area contributed by atoms with Gasteiger partial charge in [0.15, 0.2) is 0 Å². The second-order valence-electron chi connectivity index (χ2n) is 4.30. The molecule has 0 fully saturated rings. The molecule has 0 unspecified atom stereocenters. The van der Waals surface area contributed by atoms with Gasteiger partial charge in [0.2, 0.25) is 0 Å². The van der Waals surface area contributed by atoms with Gasteiger partial charge < -0.3 is 10.3 Å². The van der Waals surface area contributed by atoms with E-state index in [0.717, 1.165) is 17.1 Å². The summed E-state index contributed by atoms with van der Waals surface area (Å²) in [5.41, 5.74) is 2.22. The van der Waals surface area contributed by atoms with E-state index in [4.69, 9.17) is 0 Å². The lowest BCUT2D eigenvalue weighted by Gasteiger charge is -2.09. The Balaban J connectivity index is 1.90. The Labute approximate surface area is 116 Å². The Morgan fingerprint density at radius 3 is 2.50 bits per heavy atom. The molecule has 0 aliphatic carbocycles. The number of aromatic nitrogens is 2. The third kappa shape index (κ3) is 2.44. The zero-order chi connectivity index (χ0) is 13.8. The van der Waals surface area contributed by atoms with Crippen molar-refractivity contribution in [3.05, 3.63) is 72.6 Å². The highest BCUT2D eigenvalue weighted by Gasteiger charge is 2.10. The highest BCUT2D eigenvalue weighted by Crippen LogP contribution is 2.25. The number of anilines is 1. The molecule has 1 heterocycles. The number of rotatable bonds is 3. The van der Waals surface area contributed by atoms with Crippen molar-refractivity contribution in [3.63, 3.8) is 0 Å². The maximum absolute atomic E-state index is 12.2. The average molecular weight is 263 g/mol. The molecule has 4 nitrogen and oxygen atoms in total. The lowest BCUT2D eigenvalue weighted by molar-refractivity contribution is 0.102. The highest BCUT2D eigenvalue weighted by atomic mass is 16.1. The predicted octanol–water partition coefficient (Wildman–Crippen LogP) is 3.33. The van der Waals surface area contributed by atoms with Gasteiger partial charge in [-0.1, -0.05) is 30.3 Å². The topological polar surface area (TPSA) is 57.8 Å². The summed E-state index contributed by atoms with van der Waals surface area (Å²) in [6.07, 6.45) is 3.44. The van der Waals surface area contributed by atoms with Crippen molar-refractivity contribution in [2.24, 2.45) is 0 Å². The number of hydrogen-bond donors (Lipinski definition) is 2. The zero-order valence-electron chi connectivity index (χ0n) is 10.7. The summed E-state index contributed by atoms with van der Waals surface area (Å²) < 4.78 is 0. The zero-order valence-corrected chi connectivity index (χ0v) is 10.7. The number of aromatic amines is 1. The molecule has 0 radical (unpaired) electrons. The Bertz CT molecular complexity index is 706. The Morgan fingerprint density at radius 1 is 1.00 bits per heavy atom. The molecule has 0 saturated carbocycles. The first-order chi connectivity index (χ1) is 9.84. The summed E-state index contributed by atoms with van der Waals surface area (Å²) in [5.74, 6) is 0.596. The predicted molar refractivity (Wildman–Crippen MR) is 78.4 cm³/mol. The minimum absolute atomic E-state index is 0.135. The van der Waals surface area contributed by atoms with Crippen LogP contribution in [0, 0.1) is 0 Å². The van der Waals surface area contributed by atoms with Gasteiger partial charge in [0.05, 0.1) is 5.69 Å². The fourth-order valence-electron chi connectivity index (χ4n) is 2.00. The van der Waals surface area contributed by atoms with Gasteiger partial charge in [0, 0.05) is 23.5 Å². The van der Waals surface area contributed by atoms with E-state index in [9.17, 15) is 4.79 Å². The molecular formula is C16H13N3O. The van der Waals surface area contributed by atoms with E-state index >= 15 is 0 Å². The number of hydrogen-bond acceptors (Lipinski definition) is 2. The first-order valence-electron chi connectivity index (χ1n) is 6.30. The third-order valence-corrected chi connectivity index (χ3v) is 2.96. The van der Waals surface area contributed by atoms with Crippen LogP contribution in [-0.4, -0.2) is 15.9 Å². The van der Waals surface area contributed by atoms with Crippen molar-refractivity contribution in [1.29, 1.82) is 0 Å². The second kappa shape index (κ2) is 5.40. The maximum Gasteiger partial charge on any atom is 0.255 e. The van der Waals surface area contributed by atoms with Crippen LogP contribution < -0.4 is 5.32 Å². The van der Waals surface area contributed by atoms with Crippen LogP contribution in [-0.2, 0) is 0 Å². The van der Waals surface area contributed by atoms with Crippen LogP contribution in [0.4, 0.5) is 5.69 Å². The number of para-hydroxylation sites is 1. The van der Waals surface area contributed by atoms with Crippen molar-refractivity contribution in [2.75, 3.05) is 5.32 Å². The summed E-state index contributed by atoms with van der Waals surface area (Å²) in [6.45, 7) is 0. The summed E-state index contributed by atoms with van der Waals surface area (Å²) in [6, 6.07) is 16.7. The molecule has 1 aromatic heterocycles. The van der Waals surface area contributed by atoms with Crippen molar-refractivity contribution in [3.8, 4) is 11.4 Å². The van der Waals surface area contributed by atoms with Crippen molar-refractivity contribution < 1.29 is 4.79 Å². The Kier molecular flexibility index (Phi) is 3.29. The van der Waals surface area contributed by atoms with E-state index in [1.165, 1.54) is 0 Å². The number of carbonyl (C=O) groups is 1. The maximum atomic E-state index is 12.2. The number of amides is 1. The van der Waals surface area contributed by atoms with Gasteiger partial charge in [-0.15, -0.1) is 0 Å². The molecule has 3 aromatic rings. The minimum atomic E-state index is -0.135. The molecule has 0 saturated heterocycles. The van der Waals surface area contributed by atoms with Crippen LogP contribution in [0.3, 0.4) is 0 Å². The number of carbonyl (C=O) groups excluding carboxylic acids is 1. The van der Waals surface area contributed by atoms with E-state index in [1.807, 2.05) is 42.5 Å². The quantitative estimate of drug-likeness (QED) is 0.761. The minimum Gasteiger partial charge on any atom is -0.345 e. The monoisotopic (exact) mass is 263 g/mol. The van der Waals surface area contributed by atoms with Gasteiger partial charge in [0.25, 0.3) is 5.91 Å². The highest BCUT2D eigenvalue weighted by molar-refractivity contribution is 6.05. The SMILES string of the molecule is O=C(Nc1ccccc1-c1ncc[nH]1)c1ccccc1.